The van der Waals surface area contributed by atoms with Crippen molar-refractivity contribution in [2.75, 3.05) is 6.54 Å². The molecule has 0 spiro atoms. The topological polar surface area (TPSA) is 35.2 Å². The van der Waals surface area contributed by atoms with Crippen molar-refractivity contribution in [2.24, 2.45) is 5.73 Å². The summed E-state index contributed by atoms with van der Waals surface area (Å²) in [5.74, 6) is 0. The summed E-state index contributed by atoms with van der Waals surface area (Å²) in [6, 6.07) is 8.33. The molecule has 0 saturated carbocycles. The summed E-state index contributed by atoms with van der Waals surface area (Å²) in [4.78, 5) is 0. The molecule has 0 amide bonds. The second-order valence-corrected chi connectivity index (χ2v) is 3.82. The van der Waals surface area contributed by atoms with Gasteiger partial charge in [-0.25, -0.2) is 0 Å². The summed E-state index contributed by atoms with van der Waals surface area (Å²) in [6.45, 7) is 6.65. The third-order valence-corrected chi connectivity index (χ3v) is 2.10. The standard InChI is InChI=1S/C12H19NO/c1-9(2)14-12(8-13)11-6-4-10(3)5-7-11/h4-7,9,12H,8,13H2,1-3H3. The summed E-state index contributed by atoms with van der Waals surface area (Å²) < 4.78 is 5.70. The van der Waals surface area contributed by atoms with Crippen LogP contribution >= 0.6 is 0 Å². The maximum atomic E-state index is 5.70. The minimum atomic E-state index is 0.0237. The van der Waals surface area contributed by atoms with Crippen molar-refractivity contribution in [1.29, 1.82) is 0 Å². The van der Waals surface area contributed by atoms with E-state index in [0.29, 0.717) is 6.54 Å². The van der Waals surface area contributed by atoms with E-state index in [4.69, 9.17) is 10.5 Å². The molecule has 0 fully saturated rings. The van der Waals surface area contributed by atoms with E-state index in [2.05, 4.69) is 31.2 Å². The fraction of sp³-hybridized carbons (Fsp3) is 0.500. The van der Waals surface area contributed by atoms with Crippen LogP contribution in [0.15, 0.2) is 24.3 Å². The Morgan fingerprint density at radius 1 is 1.21 bits per heavy atom. The third-order valence-electron chi connectivity index (χ3n) is 2.10. The third kappa shape index (κ3) is 3.13. The van der Waals surface area contributed by atoms with Crippen LogP contribution in [0.4, 0.5) is 0 Å². The van der Waals surface area contributed by atoms with Crippen LogP contribution in [0, 0.1) is 6.92 Å². The summed E-state index contributed by atoms with van der Waals surface area (Å²) in [7, 11) is 0. The number of ether oxygens (including phenoxy) is 1. The average molecular weight is 193 g/mol. The van der Waals surface area contributed by atoms with Crippen LogP contribution in [-0.4, -0.2) is 12.6 Å². The first-order chi connectivity index (χ1) is 6.63. The number of hydrogen-bond acceptors (Lipinski definition) is 2. The Labute approximate surface area is 86.1 Å². The highest BCUT2D eigenvalue weighted by Gasteiger charge is 2.10. The predicted molar refractivity (Wildman–Crippen MR) is 59.2 cm³/mol. The van der Waals surface area contributed by atoms with Crippen LogP contribution in [-0.2, 0) is 4.74 Å². The van der Waals surface area contributed by atoms with Gasteiger partial charge in [-0.05, 0) is 26.3 Å². The molecule has 14 heavy (non-hydrogen) atoms. The van der Waals surface area contributed by atoms with E-state index in [9.17, 15) is 0 Å². The van der Waals surface area contributed by atoms with Crippen molar-refractivity contribution in [3.05, 3.63) is 35.4 Å². The van der Waals surface area contributed by atoms with Crippen LogP contribution in [0.1, 0.15) is 31.1 Å². The van der Waals surface area contributed by atoms with E-state index in [1.54, 1.807) is 0 Å². The molecule has 1 unspecified atom stereocenters. The number of hydrogen-bond donors (Lipinski definition) is 1. The maximum absolute atomic E-state index is 5.70. The van der Waals surface area contributed by atoms with E-state index in [-0.39, 0.29) is 12.2 Å². The van der Waals surface area contributed by atoms with Crippen molar-refractivity contribution in [1.82, 2.24) is 0 Å². The Kier molecular flexibility index (Phi) is 4.11. The predicted octanol–water partition coefficient (Wildman–Crippen LogP) is 2.42. The van der Waals surface area contributed by atoms with Crippen molar-refractivity contribution < 1.29 is 4.74 Å². The van der Waals surface area contributed by atoms with Gasteiger partial charge in [0.25, 0.3) is 0 Å². The zero-order valence-corrected chi connectivity index (χ0v) is 9.16. The van der Waals surface area contributed by atoms with Crippen LogP contribution in [0.25, 0.3) is 0 Å². The van der Waals surface area contributed by atoms with Crippen LogP contribution in [0.5, 0.6) is 0 Å². The SMILES string of the molecule is Cc1ccc(C(CN)OC(C)C)cc1. The minimum absolute atomic E-state index is 0.0237. The Hall–Kier alpha value is -0.860. The summed E-state index contributed by atoms with van der Waals surface area (Å²) in [6.07, 6.45) is 0.237. The first-order valence-corrected chi connectivity index (χ1v) is 5.05. The van der Waals surface area contributed by atoms with Gasteiger partial charge >= 0.3 is 0 Å². The lowest BCUT2D eigenvalue weighted by molar-refractivity contribution is 0.0120. The molecule has 0 aliphatic rings. The van der Waals surface area contributed by atoms with Gasteiger partial charge in [0.2, 0.25) is 0 Å². The minimum Gasteiger partial charge on any atom is -0.370 e. The highest BCUT2D eigenvalue weighted by molar-refractivity contribution is 5.23. The van der Waals surface area contributed by atoms with Gasteiger partial charge in [-0.2, -0.15) is 0 Å². The molecule has 2 heteroatoms. The quantitative estimate of drug-likeness (QED) is 0.797. The van der Waals surface area contributed by atoms with Crippen LogP contribution in [0.3, 0.4) is 0 Å². The van der Waals surface area contributed by atoms with Gasteiger partial charge in [-0.3, -0.25) is 0 Å². The molecule has 0 aromatic heterocycles. The molecule has 78 valence electrons. The van der Waals surface area contributed by atoms with E-state index in [0.717, 1.165) is 5.56 Å². The molecule has 0 radical (unpaired) electrons. The normalized spacial score (nSPS) is 13.2. The van der Waals surface area contributed by atoms with Crippen molar-refractivity contribution >= 4 is 0 Å². The fourth-order valence-electron chi connectivity index (χ4n) is 1.38. The summed E-state index contributed by atoms with van der Waals surface area (Å²) >= 11 is 0. The highest BCUT2D eigenvalue weighted by Crippen LogP contribution is 2.18. The number of rotatable bonds is 4. The zero-order valence-electron chi connectivity index (χ0n) is 9.16. The number of aryl methyl sites for hydroxylation is 1. The molecule has 0 bridgehead atoms. The number of nitrogens with two attached hydrogens (primary N) is 1. The maximum Gasteiger partial charge on any atom is 0.0950 e. The van der Waals surface area contributed by atoms with Gasteiger partial charge in [-0.1, -0.05) is 29.8 Å². The molecule has 1 aromatic carbocycles. The largest absolute Gasteiger partial charge is 0.370 e. The van der Waals surface area contributed by atoms with Gasteiger partial charge in [0.15, 0.2) is 0 Å². The van der Waals surface area contributed by atoms with E-state index < -0.39 is 0 Å². The molecule has 0 aliphatic heterocycles. The summed E-state index contributed by atoms with van der Waals surface area (Å²) in [5.41, 5.74) is 8.08. The molecule has 0 heterocycles. The van der Waals surface area contributed by atoms with E-state index in [1.807, 2.05) is 13.8 Å². The van der Waals surface area contributed by atoms with Crippen molar-refractivity contribution in [3.63, 3.8) is 0 Å². The van der Waals surface area contributed by atoms with E-state index >= 15 is 0 Å². The Bertz CT molecular complexity index is 266. The summed E-state index contributed by atoms with van der Waals surface area (Å²) in [5, 5.41) is 0. The Balaban J connectivity index is 2.73. The van der Waals surface area contributed by atoms with Gasteiger partial charge in [0.1, 0.15) is 0 Å². The first-order valence-electron chi connectivity index (χ1n) is 5.05. The zero-order chi connectivity index (χ0) is 10.6. The second kappa shape index (κ2) is 5.13. The van der Waals surface area contributed by atoms with Crippen LogP contribution < -0.4 is 5.73 Å². The van der Waals surface area contributed by atoms with E-state index in [1.165, 1.54) is 5.56 Å². The Morgan fingerprint density at radius 3 is 2.21 bits per heavy atom. The molecule has 1 atom stereocenters. The highest BCUT2D eigenvalue weighted by atomic mass is 16.5. The van der Waals surface area contributed by atoms with Crippen molar-refractivity contribution in [3.8, 4) is 0 Å². The lowest BCUT2D eigenvalue weighted by atomic mass is 10.1. The van der Waals surface area contributed by atoms with Gasteiger partial charge in [0, 0.05) is 6.54 Å². The molecular formula is C12H19NO. The average Bonchev–Trinajstić information content (AvgIpc) is 2.15. The van der Waals surface area contributed by atoms with Gasteiger partial charge in [0.05, 0.1) is 12.2 Å². The number of benzene rings is 1. The monoisotopic (exact) mass is 193 g/mol. The van der Waals surface area contributed by atoms with Gasteiger partial charge in [-0.15, -0.1) is 0 Å². The molecule has 0 aliphatic carbocycles. The van der Waals surface area contributed by atoms with Gasteiger partial charge < -0.3 is 10.5 Å². The molecule has 2 nitrogen and oxygen atoms in total. The molecular weight excluding hydrogens is 174 g/mol. The lowest BCUT2D eigenvalue weighted by Gasteiger charge is -2.19. The smallest absolute Gasteiger partial charge is 0.0950 e. The molecule has 1 rings (SSSR count). The molecule has 1 aromatic rings. The fourth-order valence-corrected chi connectivity index (χ4v) is 1.38. The Morgan fingerprint density at radius 2 is 1.79 bits per heavy atom. The first kappa shape index (κ1) is 11.2. The second-order valence-electron chi connectivity index (χ2n) is 3.82. The lowest BCUT2D eigenvalue weighted by Crippen LogP contribution is -2.19. The van der Waals surface area contributed by atoms with Crippen LogP contribution in [0.2, 0.25) is 0 Å². The molecule has 2 N–H and O–H groups in total. The molecule has 0 saturated heterocycles. The van der Waals surface area contributed by atoms with Crippen molar-refractivity contribution in [2.45, 2.75) is 33.0 Å².